The number of fused-ring (bicyclic) bond motifs is 1. The fourth-order valence-electron chi connectivity index (χ4n) is 5.75. The van der Waals surface area contributed by atoms with Crippen molar-refractivity contribution in [2.24, 2.45) is 22.7 Å². The second-order valence-corrected chi connectivity index (χ2v) is 15.2. The van der Waals surface area contributed by atoms with E-state index in [2.05, 4.69) is 20.2 Å². The Kier molecular flexibility index (Phi) is 12.4. The van der Waals surface area contributed by atoms with Crippen molar-refractivity contribution in [1.29, 1.82) is 0 Å². The number of carbonyl (C=O) groups is 3. The Bertz CT molecular complexity index is 1800. The Hall–Kier alpha value is -4.37. The van der Waals surface area contributed by atoms with Crippen molar-refractivity contribution in [2.75, 3.05) is 26.0 Å². The highest BCUT2D eigenvalue weighted by atomic mass is 31.2. The van der Waals surface area contributed by atoms with Crippen LogP contribution in [0.3, 0.4) is 0 Å². The van der Waals surface area contributed by atoms with Gasteiger partial charge in [0, 0.05) is 13.3 Å². The topological polar surface area (TPSA) is 204 Å². The minimum Gasteiger partial charge on any atom is -0.464 e. The molecule has 3 N–H and O–H groups in total. The van der Waals surface area contributed by atoms with Crippen molar-refractivity contribution in [3.8, 4) is 5.75 Å². The van der Waals surface area contributed by atoms with Crippen LogP contribution < -0.4 is 15.3 Å². The van der Waals surface area contributed by atoms with E-state index in [1.54, 1.807) is 70.2 Å². The molecular formula is C35H47N6O10P. The summed E-state index contributed by atoms with van der Waals surface area (Å²) >= 11 is 0. The van der Waals surface area contributed by atoms with Gasteiger partial charge >= 0.3 is 25.7 Å². The summed E-state index contributed by atoms with van der Waals surface area (Å²) in [6.07, 6.45) is 1.81. The first-order valence-electron chi connectivity index (χ1n) is 17.3. The largest absolute Gasteiger partial charge is 0.464 e. The fourth-order valence-corrected chi connectivity index (χ4v) is 7.25. The highest BCUT2D eigenvalue weighted by Gasteiger charge is 2.61. The second kappa shape index (κ2) is 16.5. The van der Waals surface area contributed by atoms with Gasteiger partial charge in [-0.05, 0) is 49.9 Å². The first-order chi connectivity index (χ1) is 24.8. The SMILES string of the molecule is C/N=C/[C@@]1(c2ccc3c(N)ncnn23)O[C@H](COP(=O)(N[C@@H](C)C(=O)OCC2CCC2)Oc2ccccc2)[C@@H](OC(=O)C(C)C)[C@H]1OC(=O)C(C)C. The van der Waals surface area contributed by atoms with Crippen LogP contribution in [-0.2, 0) is 48.0 Å². The summed E-state index contributed by atoms with van der Waals surface area (Å²) < 4.78 is 52.1. The maximum absolute atomic E-state index is 14.5. The van der Waals surface area contributed by atoms with Crippen LogP contribution in [-0.4, -0.2) is 83.3 Å². The van der Waals surface area contributed by atoms with Gasteiger partial charge in [0.05, 0.1) is 30.7 Å². The normalized spacial score (nSPS) is 23.7. The molecule has 1 aromatic carbocycles. The number of benzene rings is 1. The summed E-state index contributed by atoms with van der Waals surface area (Å²) in [4.78, 5) is 47.8. The van der Waals surface area contributed by atoms with Gasteiger partial charge in [0.2, 0.25) is 0 Å². The molecule has 17 heteroatoms. The Morgan fingerprint density at radius 1 is 1.04 bits per heavy atom. The van der Waals surface area contributed by atoms with Crippen molar-refractivity contribution in [3.63, 3.8) is 0 Å². The summed E-state index contributed by atoms with van der Waals surface area (Å²) in [5, 5.41) is 7.05. The van der Waals surface area contributed by atoms with Crippen LogP contribution in [0.25, 0.3) is 5.52 Å². The molecule has 1 aliphatic carbocycles. The van der Waals surface area contributed by atoms with Gasteiger partial charge < -0.3 is 29.2 Å². The monoisotopic (exact) mass is 742 g/mol. The maximum Gasteiger partial charge on any atom is 0.459 e. The smallest absolute Gasteiger partial charge is 0.459 e. The van der Waals surface area contributed by atoms with Crippen LogP contribution in [0.15, 0.2) is 53.8 Å². The molecule has 0 bridgehead atoms. The lowest BCUT2D eigenvalue weighted by molar-refractivity contribution is -0.172. The zero-order valence-corrected chi connectivity index (χ0v) is 31.1. The molecule has 1 saturated carbocycles. The number of nitrogens with two attached hydrogens (primary N) is 1. The molecule has 2 aliphatic rings. The molecule has 5 rings (SSSR count). The molecular weight excluding hydrogens is 695 g/mol. The van der Waals surface area contributed by atoms with Gasteiger partial charge in [-0.15, -0.1) is 0 Å². The number of carbonyl (C=O) groups excluding carboxylic acids is 3. The lowest BCUT2D eigenvalue weighted by atomic mass is 9.86. The van der Waals surface area contributed by atoms with Gasteiger partial charge in [-0.25, -0.2) is 14.1 Å². The average Bonchev–Trinajstić information content (AvgIpc) is 3.64. The number of hydrogen-bond donors (Lipinski definition) is 2. The number of nitrogens with zero attached hydrogens (tertiary/aromatic N) is 4. The molecule has 52 heavy (non-hydrogen) atoms. The number of ether oxygens (including phenoxy) is 4. The number of esters is 3. The van der Waals surface area contributed by atoms with E-state index >= 15 is 0 Å². The van der Waals surface area contributed by atoms with E-state index in [1.807, 2.05) is 0 Å². The predicted molar refractivity (Wildman–Crippen MR) is 189 cm³/mol. The van der Waals surface area contributed by atoms with E-state index in [4.69, 9.17) is 33.7 Å². The number of nitrogens with one attached hydrogen (secondary N) is 1. The zero-order valence-electron chi connectivity index (χ0n) is 30.2. The third-order valence-electron chi connectivity index (χ3n) is 8.84. The highest BCUT2D eigenvalue weighted by Crippen LogP contribution is 2.48. The summed E-state index contributed by atoms with van der Waals surface area (Å²) in [6.45, 7) is 7.83. The van der Waals surface area contributed by atoms with Gasteiger partial charge in [-0.3, -0.25) is 23.9 Å². The maximum atomic E-state index is 14.5. The lowest BCUT2D eigenvalue weighted by Gasteiger charge is -2.32. The third kappa shape index (κ3) is 8.63. The van der Waals surface area contributed by atoms with Crippen LogP contribution in [0.5, 0.6) is 5.75 Å². The Labute approximate surface area is 302 Å². The quantitative estimate of drug-likeness (QED) is 0.0911. The van der Waals surface area contributed by atoms with Gasteiger partial charge in [-0.2, -0.15) is 10.2 Å². The Morgan fingerprint density at radius 2 is 1.73 bits per heavy atom. The van der Waals surface area contributed by atoms with Crippen LogP contribution in [0.1, 0.15) is 59.6 Å². The van der Waals surface area contributed by atoms with E-state index in [9.17, 15) is 18.9 Å². The van der Waals surface area contributed by atoms with Gasteiger partial charge in [0.25, 0.3) is 0 Å². The molecule has 1 saturated heterocycles. The molecule has 3 aromatic rings. The lowest BCUT2D eigenvalue weighted by Crippen LogP contribution is -2.48. The molecule has 2 aromatic heterocycles. The van der Waals surface area contributed by atoms with Crippen molar-refractivity contribution >= 4 is 43.2 Å². The summed E-state index contributed by atoms with van der Waals surface area (Å²) in [6, 6.07) is 10.5. The second-order valence-electron chi connectivity index (χ2n) is 13.5. The number of hydrogen-bond acceptors (Lipinski definition) is 14. The summed E-state index contributed by atoms with van der Waals surface area (Å²) in [5.41, 5.74) is 5.16. The number of anilines is 1. The Balaban J connectivity index is 1.53. The Morgan fingerprint density at radius 3 is 2.37 bits per heavy atom. The number of para-hydroxylation sites is 1. The first-order valence-corrected chi connectivity index (χ1v) is 18.9. The van der Waals surface area contributed by atoms with Crippen molar-refractivity contribution in [2.45, 2.75) is 83.8 Å². The number of nitrogen functional groups attached to an aromatic ring is 1. The van der Waals surface area contributed by atoms with E-state index in [0.29, 0.717) is 17.1 Å². The average molecular weight is 743 g/mol. The molecule has 6 atom stereocenters. The zero-order chi connectivity index (χ0) is 37.6. The minimum atomic E-state index is -4.40. The van der Waals surface area contributed by atoms with Crippen LogP contribution in [0.4, 0.5) is 5.82 Å². The van der Waals surface area contributed by atoms with Gasteiger partial charge in [0.15, 0.2) is 23.6 Å². The summed E-state index contributed by atoms with van der Waals surface area (Å²) in [7, 11) is -2.90. The minimum absolute atomic E-state index is 0.173. The molecule has 1 unspecified atom stereocenters. The molecule has 2 fully saturated rings. The molecule has 0 radical (unpaired) electrons. The van der Waals surface area contributed by atoms with Crippen LogP contribution in [0.2, 0.25) is 0 Å². The molecule has 0 spiro atoms. The van der Waals surface area contributed by atoms with Crippen molar-refractivity contribution in [3.05, 3.63) is 54.5 Å². The standard InChI is InChI=1S/C35H47N6O10P/c1-21(2)32(42)48-29-27(18-47-52(45,51-25-13-8-7-9-14-25)40-23(5)34(44)46-17-24-11-10-12-24)50-35(19-37-6,30(29)49-33(43)22(3)4)28-16-15-26-31(36)38-20-39-41(26)28/h7-9,13-16,19-24,27,29-30H,10-12,17-18H2,1-6H3,(H,40,45)(H2,36,38,39)/b37-19+/t23-,27+,29+,30+,35-,52?/m0/s1. The number of rotatable bonds is 16. The molecule has 0 amide bonds. The number of aromatic nitrogens is 3. The fraction of sp³-hybridized carbons (Fsp3) is 0.543. The third-order valence-corrected chi connectivity index (χ3v) is 10.5. The summed E-state index contributed by atoms with van der Waals surface area (Å²) in [5.74, 6) is -2.36. The molecule has 3 heterocycles. The van der Waals surface area contributed by atoms with E-state index in [0.717, 1.165) is 19.3 Å². The highest BCUT2D eigenvalue weighted by molar-refractivity contribution is 7.52. The molecule has 1 aliphatic heterocycles. The van der Waals surface area contributed by atoms with Crippen LogP contribution in [0, 0.1) is 17.8 Å². The van der Waals surface area contributed by atoms with E-state index < -0.39 is 74.1 Å². The van der Waals surface area contributed by atoms with E-state index in [-0.39, 0.29) is 18.2 Å². The first kappa shape index (κ1) is 38.9. The van der Waals surface area contributed by atoms with Crippen LogP contribution >= 0.6 is 7.75 Å². The van der Waals surface area contributed by atoms with Crippen molar-refractivity contribution < 1.29 is 46.9 Å². The molecule has 16 nitrogen and oxygen atoms in total. The number of aliphatic imine (C=N–C) groups is 1. The van der Waals surface area contributed by atoms with E-state index in [1.165, 1.54) is 31.0 Å². The van der Waals surface area contributed by atoms with Gasteiger partial charge in [0.1, 0.15) is 29.7 Å². The molecule has 282 valence electrons. The predicted octanol–water partition coefficient (Wildman–Crippen LogP) is 4.27. The van der Waals surface area contributed by atoms with Gasteiger partial charge in [-0.1, -0.05) is 52.3 Å². The van der Waals surface area contributed by atoms with Crippen molar-refractivity contribution in [1.82, 2.24) is 19.7 Å².